The summed E-state index contributed by atoms with van der Waals surface area (Å²) in [6.07, 6.45) is 5.07. The van der Waals surface area contributed by atoms with Gasteiger partial charge in [-0.15, -0.1) is 0 Å². The highest BCUT2D eigenvalue weighted by Crippen LogP contribution is 2.35. The normalized spacial score (nSPS) is 13.2. The quantitative estimate of drug-likeness (QED) is 0.241. The minimum absolute atomic E-state index is 0.0514. The number of nitrogens with zero attached hydrogens (tertiary/aromatic N) is 5. The van der Waals surface area contributed by atoms with E-state index in [4.69, 9.17) is 10.5 Å². The van der Waals surface area contributed by atoms with Crippen LogP contribution in [0.3, 0.4) is 0 Å². The van der Waals surface area contributed by atoms with E-state index in [1.807, 2.05) is 47.4 Å². The lowest BCUT2D eigenvalue weighted by Gasteiger charge is -2.15. The number of carbonyl (C=O) groups is 1. The van der Waals surface area contributed by atoms with Crippen LogP contribution in [0.5, 0.6) is 11.5 Å². The number of likely N-dealkylation sites (tertiary alicyclic amines) is 1. The van der Waals surface area contributed by atoms with Crippen molar-refractivity contribution in [2.75, 3.05) is 24.1 Å². The Balaban J connectivity index is 1.18. The summed E-state index contributed by atoms with van der Waals surface area (Å²) in [5.41, 5.74) is 10.2. The topological polar surface area (TPSA) is 126 Å². The second-order valence-electron chi connectivity index (χ2n) is 9.83. The van der Waals surface area contributed by atoms with Crippen molar-refractivity contribution >= 4 is 39.9 Å². The average molecular weight is 549 g/mol. The molecule has 41 heavy (non-hydrogen) atoms. The predicted octanol–water partition coefficient (Wildman–Crippen LogP) is 5.77. The average Bonchev–Trinajstić information content (AvgIpc) is 3.75. The molecular formula is C30H25FN8O2. The maximum atomic E-state index is 15.2. The molecule has 3 aromatic carbocycles. The number of nitrogens with two attached hydrogens (primary N) is 1. The number of carbonyl (C=O) groups excluding carboxylic acids is 1. The number of amides is 1. The number of aromatic nitrogens is 5. The zero-order valence-electron chi connectivity index (χ0n) is 21.8. The van der Waals surface area contributed by atoms with Crippen LogP contribution < -0.4 is 15.8 Å². The highest BCUT2D eigenvalue weighted by atomic mass is 19.1. The van der Waals surface area contributed by atoms with Crippen molar-refractivity contribution in [3.05, 3.63) is 90.6 Å². The molecule has 10 nitrogen and oxygen atoms in total. The minimum Gasteiger partial charge on any atom is -0.454 e. The van der Waals surface area contributed by atoms with Crippen LogP contribution in [-0.2, 0) is 0 Å². The Morgan fingerprint density at radius 2 is 1.80 bits per heavy atom. The molecule has 6 aromatic rings. The van der Waals surface area contributed by atoms with E-state index >= 15 is 4.39 Å². The number of ether oxygens (including phenoxy) is 1. The van der Waals surface area contributed by atoms with Crippen LogP contribution in [-0.4, -0.2) is 48.5 Å². The summed E-state index contributed by atoms with van der Waals surface area (Å²) < 4.78 is 22.5. The molecule has 7 rings (SSSR count). The molecule has 0 atom stereocenters. The van der Waals surface area contributed by atoms with Gasteiger partial charge in [0.25, 0.3) is 5.91 Å². The fraction of sp³-hybridized carbons (Fsp3) is 0.133. The van der Waals surface area contributed by atoms with E-state index in [-0.39, 0.29) is 23.0 Å². The largest absolute Gasteiger partial charge is 0.454 e. The third-order valence-corrected chi connectivity index (χ3v) is 7.19. The van der Waals surface area contributed by atoms with Crippen LogP contribution >= 0.6 is 0 Å². The van der Waals surface area contributed by atoms with Gasteiger partial charge in [0.1, 0.15) is 23.1 Å². The van der Waals surface area contributed by atoms with Gasteiger partial charge in [-0.05, 0) is 54.8 Å². The predicted molar refractivity (Wildman–Crippen MR) is 154 cm³/mol. The molecule has 1 aliphatic heterocycles. The number of hydrogen-bond acceptors (Lipinski definition) is 7. The number of halogens is 1. The van der Waals surface area contributed by atoms with Crippen LogP contribution in [0.4, 0.5) is 21.8 Å². The van der Waals surface area contributed by atoms with Crippen molar-refractivity contribution in [2.45, 2.75) is 12.8 Å². The molecule has 0 aliphatic carbocycles. The van der Waals surface area contributed by atoms with Crippen LogP contribution in [0.2, 0.25) is 0 Å². The standard InChI is InChI=1S/C30H25FN8O2/c31-25-23(41-20-6-2-1-3-7-20)13-12-22-26(25)37-30(36-22)35-19-10-8-18(9-11-19)24-21(29(40)38-14-4-5-15-38)16-39-27(24)28(32)33-17-34-39/h1-3,6-13,16-17H,4-5,14-15H2,(H2,32,33,34)(H2,35,36,37). The Bertz CT molecular complexity index is 1890. The number of nitrogen functional groups attached to an aromatic ring is 1. The molecule has 0 saturated carbocycles. The first-order valence-electron chi connectivity index (χ1n) is 13.2. The van der Waals surface area contributed by atoms with E-state index in [9.17, 15) is 4.79 Å². The fourth-order valence-electron chi connectivity index (χ4n) is 5.21. The van der Waals surface area contributed by atoms with Gasteiger partial charge in [0, 0.05) is 30.5 Å². The van der Waals surface area contributed by atoms with E-state index in [2.05, 4.69) is 25.4 Å². The molecule has 0 bridgehead atoms. The van der Waals surface area contributed by atoms with Gasteiger partial charge in [0.2, 0.25) is 5.95 Å². The number of benzene rings is 3. The number of nitrogens with one attached hydrogen (secondary N) is 2. The van der Waals surface area contributed by atoms with Gasteiger partial charge in [-0.2, -0.15) is 5.10 Å². The number of hydrogen-bond donors (Lipinski definition) is 3. The first kappa shape index (κ1) is 24.6. The first-order valence-corrected chi connectivity index (χ1v) is 13.2. The monoisotopic (exact) mass is 548 g/mol. The lowest BCUT2D eigenvalue weighted by atomic mass is 10.0. The number of rotatable bonds is 6. The van der Waals surface area contributed by atoms with E-state index < -0.39 is 5.82 Å². The van der Waals surface area contributed by atoms with Crippen LogP contribution in [0.1, 0.15) is 23.2 Å². The summed E-state index contributed by atoms with van der Waals surface area (Å²) in [5, 5.41) is 7.47. The molecule has 1 aliphatic rings. The molecule has 4 N–H and O–H groups in total. The van der Waals surface area contributed by atoms with Crippen LogP contribution in [0, 0.1) is 5.82 Å². The third-order valence-electron chi connectivity index (χ3n) is 7.19. The van der Waals surface area contributed by atoms with Gasteiger partial charge < -0.3 is 25.7 Å². The van der Waals surface area contributed by atoms with Crippen LogP contribution in [0.25, 0.3) is 27.7 Å². The number of fused-ring (bicyclic) bond motifs is 2. The number of H-pyrrole nitrogens is 1. The summed E-state index contributed by atoms with van der Waals surface area (Å²) in [6, 6.07) is 19.8. The highest BCUT2D eigenvalue weighted by molar-refractivity contribution is 6.07. The Hall–Kier alpha value is -5.45. The molecule has 204 valence electrons. The molecule has 1 saturated heterocycles. The van der Waals surface area contributed by atoms with E-state index in [1.54, 1.807) is 35.0 Å². The lowest BCUT2D eigenvalue weighted by molar-refractivity contribution is 0.0793. The second-order valence-corrected chi connectivity index (χ2v) is 9.83. The number of imidazole rings is 1. The van der Waals surface area contributed by atoms with Crippen molar-refractivity contribution in [1.29, 1.82) is 0 Å². The molecule has 4 heterocycles. The minimum atomic E-state index is -0.554. The molecule has 1 amide bonds. The number of anilines is 3. The molecule has 0 unspecified atom stereocenters. The van der Waals surface area contributed by atoms with Crippen LogP contribution in [0.15, 0.2) is 79.3 Å². The van der Waals surface area contributed by atoms with Crippen molar-refractivity contribution in [2.24, 2.45) is 0 Å². The molecule has 1 fully saturated rings. The summed E-state index contributed by atoms with van der Waals surface area (Å²) in [5.74, 6) is 0.687. The second kappa shape index (κ2) is 9.94. The number of aromatic amines is 1. The fourth-order valence-corrected chi connectivity index (χ4v) is 5.21. The molecule has 0 radical (unpaired) electrons. The van der Waals surface area contributed by atoms with Crippen molar-refractivity contribution in [3.63, 3.8) is 0 Å². The Morgan fingerprint density at radius 3 is 2.59 bits per heavy atom. The van der Waals surface area contributed by atoms with Gasteiger partial charge in [0.15, 0.2) is 17.4 Å². The van der Waals surface area contributed by atoms with Crippen molar-refractivity contribution < 1.29 is 13.9 Å². The van der Waals surface area contributed by atoms with E-state index in [1.165, 1.54) is 6.33 Å². The molecule has 11 heteroatoms. The maximum absolute atomic E-state index is 15.2. The zero-order valence-corrected chi connectivity index (χ0v) is 21.8. The Morgan fingerprint density at radius 1 is 1.02 bits per heavy atom. The zero-order chi connectivity index (χ0) is 27.9. The molecule has 0 spiro atoms. The van der Waals surface area contributed by atoms with Gasteiger partial charge in [-0.25, -0.2) is 18.9 Å². The Kier molecular flexibility index (Phi) is 5.96. The summed E-state index contributed by atoms with van der Waals surface area (Å²) in [7, 11) is 0. The van der Waals surface area contributed by atoms with Crippen molar-refractivity contribution in [1.82, 2.24) is 29.5 Å². The first-order chi connectivity index (χ1) is 20.0. The summed E-state index contributed by atoms with van der Waals surface area (Å²) in [4.78, 5) is 26.9. The Labute approximate surface area is 233 Å². The maximum Gasteiger partial charge on any atom is 0.256 e. The van der Waals surface area contributed by atoms with Gasteiger partial charge in [0.05, 0.1) is 11.1 Å². The smallest absolute Gasteiger partial charge is 0.256 e. The molecule has 3 aromatic heterocycles. The van der Waals surface area contributed by atoms with Gasteiger partial charge >= 0.3 is 0 Å². The third kappa shape index (κ3) is 4.46. The van der Waals surface area contributed by atoms with Crippen molar-refractivity contribution in [3.8, 4) is 22.6 Å². The van der Waals surface area contributed by atoms with E-state index in [0.29, 0.717) is 39.5 Å². The highest BCUT2D eigenvalue weighted by Gasteiger charge is 2.27. The lowest BCUT2D eigenvalue weighted by Crippen LogP contribution is -2.27. The van der Waals surface area contributed by atoms with Gasteiger partial charge in [-0.1, -0.05) is 30.3 Å². The number of para-hydroxylation sites is 1. The SMILES string of the molecule is Nc1ncnn2cc(C(=O)N3CCCC3)c(-c3ccc(Nc4nc5c(F)c(Oc6ccccc6)ccc5[nH]4)cc3)c12. The summed E-state index contributed by atoms with van der Waals surface area (Å²) in [6.45, 7) is 1.46. The molecular weight excluding hydrogens is 523 g/mol. The van der Waals surface area contributed by atoms with Gasteiger partial charge in [-0.3, -0.25) is 4.79 Å². The van der Waals surface area contributed by atoms with E-state index in [0.717, 1.165) is 31.5 Å². The summed E-state index contributed by atoms with van der Waals surface area (Å²) >= 11 is 0.